The van der Waals surface area contributed by atoms with E-state index in [4.69, 9.17) is 0 Å². The van der Waals surface area contributed by atoms with Gasteiger partial charge in [0.05, 0.1) is 0 Å². The van der Waals surface area contributed by atoms with E-state index in [1.165, 1.54) is 18.4 Å². The van der Waals surface area contributed by atoms with Crippen LogP contribution in [0.5, 0.6) is 0 Å². The maximum Gasteiger partial charge on any atom is 0.136 e. The zero-order chi connectivity index (χ0) is 17.0. The number of carbonyl (C=O) groups is 1. The Morgan fingerprint density at radius 3 is 2.50 bits per heavy atom. The summed E-state index contributed by atoms with van der Waals surface area (Å²) in [6.45, 7) is 4.14. The first kappa shape index (κ1) is 17.4. The monoisotopic (exact) mass is 325 g/mol. The van der Waals surface area contributed by atoms with Crippen LogP contribution in [0.2, 0.25) is 0 Å². The molecule has 2 heteroatoms. The van der Waals surface area contributed by atoms with Gasteiger partial charge in [-0.2, -0.15) is 0 Å². The smallest absolute Gasteiger partial charge is 0.136 e. The minimum Gasteiger partial charge on any atom is -0.308 e. The van der Waals surface area contributed by atoms with E-state index in [1.54, 1.807) is 6.92 Å². The van der Waals surface area contributed by atoms with Crippen LogP contribution >= 0.6 is 0 Å². The summed E-state index contributed by atoms with van der Waals surface area (Å²) >= 11 is 0. The fourth-order valence-corrected chi connectivity index (χ4v) is 4.44. The summed E-state index contributed by atoms with van der Waals surface area (Å²) in [5.41, 5.74) is 1.15. The van der Waals surface area contributed by atoms with Gasteiger partial charge in [0.2, 0.25) is 0 Å². The van der Waals surface area contributed by atoms with Gasteiger partial charge in [0, 0.05) is 17.5 Å². The van der Waals surface area contributed by atoms with E-state index in [-0.39, 0.29) is 5.41 Å². The van der Waals surface area contributed by atoms with Crippen molar-refractivity contribution in [3.05, 3.63) is 48.0 Å². The first-order chi connectivity index (χ1) is 11.6. The van der Waals surface area contributed by atoms with E-state index in [2.05, 4.69) is 48.7 Å². The summed E-state index contributed by atoms with van der Waals surface area (Å²) in [6.07, 6.45) is 12.3. The Bertz CT molecular complexity index is 569. The van der Waals surface area contributed by atoms with Crippen molar-refractivity contribution in [1.82, 2.24) is 5.32 Å². The highest BCUT2D eigenvalue weighted by Crippen LogP contribution is 2.40. The first-order valence-electron chi connectivity index (χ1n) is 9.57. The van der Waals surface area contributed by atoms with E-state index in [9.17, 15) is 4.79 Å². The van der Waals surface area contributed by atoms with E-state index < -0.39 is 0 Å². The molecule has 24 heavy (non-hydrogen) atoms. The zero-order valence-electron chi connectivity index (χ0n) is 15.1. The lowest BCUT2D eigenvalue weighted by Gasteiger charge is -2.40. The van der Waals surface area contributed by atoms with Crippen LogP contribution < -0.4 is 5.32 Å². The number of nitrogens with one attached hydrogen (secondary N) is 1. The number of carbonyl (C=O) groups excluding carboxylic acids is 1. The predicted molar refractivity (Wildman–Crippen MR) is 100.0 cm³/mol. The predicted octanol–water partition coefficient (Wildman–Crippen LogP) is 4.69. The Kier molecular flexibility index (Phi) is 5.55. The van der Waals surface area contributed by atoms with Crippen LogP contribution in [0.25, 0.3) is 0 Å². The highest BCUT2D eigenvalue weighted by molar-refractivity contribution is 5.82. The minimum absolute atomic E-state index is 0.145. The molecule has 0 saturated heterocycles. The molecular formula is C22H31NO. The number of hydrogen-bond acceptors (Lipinski definition) is 2. The van der Waals surface area contributed by atoms with Gasteiger partial charge >= 0.3 is 0 Å². The van der Waals surface area contributed by atoms with E-state index in [1.807, 2.05) is 6.07 Å². The molecule has 2 unspecified atom stereocenters. The fraction of sp³-hybridized carbons (Fsp3) is 0.591. The van der Waals surface area contributed by atoms with Gasteiger partial charge in [-0.1, -0.05) is 49.4 Å². The third-order valence-electron chi connectivity index (χ3n) is 6.25. The number of allylic oxidation sites excluding steroid dienone is 1. The van der Waals surface area contributed by atoms with E-state index in [0.29, 0.717) is 17.9 Å². The lowest BCUT2D eigenvalue weighted by atomic mass is 9.66. The molecule has 1 aromatic carbocycles. The number of hydrogen-bond donors (Lipinski definition) is 1. The lowest BCUT2D eigenvalue weighted by molar-refractivity contribution is -0.128. The molecule has 2 nitrogen and oxygen atoms in total. The van der Waals surface area contributed by atoms with Crippen molar-refractivity contribution in [1.29, 1.82) is 0 Å². The third-order valence-corrected chi connectivity index (χ3v) is 6.25. The summed E-state index contributed by atoms with van der Waals surface area (Å²) in [5, 5.41) is 3.85. The molecule has 0 spiro atoms. The van der Waals surface area contributed by atoms with E-state index in [0.717, 1.165) is 38.0 Å². The molecule has 2 aliphatic rings. The molecule has 3 rings (SSSR count). The van der Waals surface area contributed by atoms with Gasteiger partial charge < -0.3 is 5.32 Å². The van der Waals surface area contributed by atoms with E-state index >= 15 is 0 Å². The number of ketones is 1. The van der Waals surface area contributed by atoms with Gasteiger partial charge in [-0.3, -0.25) is 4.79 Å². The normalized spacial score (nSPS) is 33.3. The molecule has 0 amide bonds. The Hall–Kier alpha value is -1.41. The van der Waals surface area contributed by atoms with Gasteiger partial charge in [-0.05, 0) is 63.4 Å². The van der Waals surface area contributed by atoms with Crippen LogP contribution in [0.4, 0.5) is 0 Å². The van der Waals surface area contributed by atoms with Gasteiger partial charge in [0.15, 0.2) is 0 Å². The van der Waals surface area contributed by atoms with Crippen LogP contribution in [0, 0.1) is 11.3 Å². The highest BCUT2D eigenvalue weighted by atomic mass is 16.1. The topological polar surface area (TPSA) is 29.1 Å². The summed E-state index contributed by atoms with van der Waals surface area (Å²) < 4.78 is 0. The highest BCUT2D eigenvalue weighted by Gasteiger charge is 2.39. The second-order valence-electron chi connectivity index (χ2n) is 7.95. The molecule has 1 N–H and O–H groups in total. The van der Waals surface area contributed by atoms with Crippen molar-refractivity contribution in [2.45, 2.75) is 70.9 Å². The Morgan fingerprint density at radius 1 is 1.17 bits per heavy atom. The molecule has 0 aliphatic heterocycles. The average molecular weight is 325 g/mol. The first-order valence-corrected chi connectivity index (χ1v) is 9.57. The number of benzene rings is 1. The Morgan fingerprint density at radius 2 is 1.88 bits per heavy atom. The average Bonchev–Trinajstić information content (AvgIpc) is 2.59. The summed E-state index contributed by atoms with van der Waals surface area (Å²) in [6, 6.07) is 11.6. The third kappa shape index (κ3) is 3.97. The molecule has 0 heterocycles. The van der Waals surface area contributed by atoms with Gasteiger partial charge in [-0.25, -0.2) is 0 Å². The van der Waals surface area contributed by atoms with Crippen molar-refractivity contribution in [2.24, 2.45) is 11.3 Å². The van der Waals surface area contributed by atoms with Crippen LogP contribution in [0.1, 0.15) is 57.9 Å². The number of Topliss-reactive ketones (excluding diaryl/α,β-unsaturated/α-hetero) is 1. The molecule has 0 radical (unpaired) electrons. The largest absolute Gasteiger partial charge is 0.308 e. The van der Waals surface area contributed by atoms with Crippen LogP contribution in [-0.2, 0) is 11.2 Å². The van der Waals surface area contributed by atoms with Crippen molar-refractivity contribution in [3.63, 3.8) is 0 Å². The SMILES string of the molecule is CC(=O)C1(Cc2ccccc2)CCC(NC2C=CCCC2C)CC1. The minimum atomic E-state index is -0.145. The van der Waals surface area contributed by atoms with Crippen molar-refractivity contribution in [2.75, 3.05) is 0 Å². The van der Waals surface area contributed by atoms with Crippen molar-refractivity contribution >= 4 is 5.78 Å². The zero-order valence-corrected chi connectivity index (χ0v) is 15.1. The molecule has 1 fully saturated rings. The van der Waals surface area contributed by atoms with Crippen molar-refractivity contribution < 1.29 is 4.79 Å². The maximum atomic E-state index is 12.4. The molecular weight excluding hydrogens is 294 g/mol. The second-order valence-corrected chi connectivity index (χ2v) is 7.95. The van der Waals surface area contributed by atoms with Gasteiger partial charge in [0.1, 0.15) is 5.78 Å². The maximum absolute atomic E-state index is 12.4. The van der Waals surface area contributed by atoms with Crippen LogP contribution in [-0.4, -0.2) is 17.9 Å². The Balaban J connectivity index is 1.61. The van der Waals surface area contributed by atoms with Crippen molar-refractivity contribution in [3.8, 4) is 0 Å². The Labute approximate surface area is 146 Å². The second kappa shape index (κ2) is 7.65. The molecule has 1 aromatic rings. The lowest BCUT2D eigenvalue weighted by Crippen LogP contribution is -2.47. The van der Waals surface area contributed by atoms with Crippen LogP contribution in [0.15, 0.2) is 42.5 Å². The molecule has 2 aliphatic carbocycles. The quantitative estimate of drug-likeness (QED) is 0.796. The molecule has 130 valence electrons. The fourth-order valence-electron chi connectivity index (χ4n) is 4.44. The number of rotatable bonds is 5. The summed E-state index contributed by atoms with van der Waals surface area (Å²) in [7, 11) is 0. The van der Waals surface area contributed by atoms with Gasteiger partial charge in [-0.15, -0.1) is 0 Å². The molecule has 1 saturated carbocycles. The summed E-state index contributed by atoms with van der Waals surface area (Å²) in [4.78, 5) is 12.4. The molecule has 2 atom stereocenters. The standard InChI is InChI=1S/C22H31NO/c1-17-8-6-7-11-21(17)23-20-12-14-22(15-13-20,18(2)24)16-19-9-4-3-5-10-19/h3-5,7,9-11,17,20-21,23H,6,8,12-16H2,1-2H3. The van der Waals surface area contributed by atoms with Crippen LogP contribution in [0.3, 0.4) is 0 Å². The summed E-state index contributed by atoms with van der Waals surface area (Å²) in [5.74, 6) is 1.09. The molecule has 0 bridgehead atoms. The molecule has 0 aromatic heterocycles. The van der Waals surface area contributed by atoms with Gasteiger partial charge in [0.25, 0.3) is 0 Å².